The standard InChI is InChI=1S/C19H29N3O3S.HI/c1-2-20-18(21-14-16-7-6-8-17(23)13-16)22-11-12-26(24,25)19(15-22)9-4-3-5-10-19;/h6-8,13,23H,2-5,9-12,14-15H2,1H3,(H,20,21);1H. The smallest absolute Gasteiger partial charge is 0.194 e. The van der Waals surface area contributed by atoms with Gasteiger partial charge in [-0.25, -0.2) is 13.4 Å². The summed E-state index contributed by atoms with van der Waals surface area (Å²) in [7, 11) is -3.06. The lowest BCUT2D eigenvalue weighted by molar-refractivity contribution is 0.274. The fraction of sp³-hybridized carbons (Fsp3) is 0.632. The SMILES string of the molecule is CCNC(=NCc1cccc(O)c1)N1CCS(=O)(=O)C2(CCCCC2)C1.I. The van der Waals surface area contributed by atoms with Crippen LogP contribution in [0.3, 0.4) is 0 Å². The number of guanidine groups is 1. The molecule has 2 fully saturated rings. The Bertz CT molecular complexity index is 761. The van der Waals surface area contributed by atoms with Gasteiger partial charge in [-0.05, 0) is 37.5 Å². The highest BCUT2D eigenvalue weighted by Crippen LogP contribution is 2.38. The lowest BCUT2D eigenvalue weighted by atomic mass is 9.87. The number of phenolic OH excluding ortho intramolecular Hbond substituents is 1. The Morgan fingerprint density at radius 1 is 1.30 bits per heavy atom. The predicted octanol–water partition coefficient (Wildman–Crippen LogP) is 2.91. The van der Waals surface area contributed by atoms with E-state index >= 15 is 0 Å². The largest absolute Gasteiger partial charge is 0.508 e. The molecule has 0 amide bonds. The molecular formula is C19H30IN3O3S. The van der Waals surface area contributed by atoms with E-state index in [1.165, 1.54) is 0 Å². The van der Waals surface area contributed by atoms with Gasteiger partial charge >= 0.3 is 0 Å². The van der Waals surface area contributed by atoms with Crippen LogP contribution in [0.1, 0.15) is 44.6 Å². The Labute approximate surface area is 179 Å². The number of hydrogen-bond donors (Lipinski definition) is 2. The van der Waals surface area contributed by atoms with Crippen LogP contribution in [0.25, 0.3) is 0 Å². The van der Waals surface area contributed by atoms with Gasteiger partial charge in [-0.3, -0.25) is 0 Å². The normalized spacial score (nSPS) is 21.5. The van der Waals surface area contributed by atoms with Crippen LogP contribution in [0.2, 0.25) is 0 Å². The zero-order valence-corrected chi connectivity index (χ0v) is 19.0. The number of nitrogens with one attached hydrogen (secondary N) is 1. The fourth-order valence-electron chi connectivity index (χ4n) is 4.06. The molecule has 0 radical (unpaired) electrons. The molecule has 27 heavy (non-hydrogen) atoms. The molecule has 2 aliphatic rings. The van der Waals surface area contributed by atoms with Crippen molar-refractivity contribution >= 4 is 39.8 Å². The third kappa shape index (κ3) is 5.07. The Kier molecular flexibility index (Phi) is 7.79. The molecule has 1 heterocycles. The van der Waals surface area contributed by atoms with E-state index in [1.54, 1.807) is 18.2 Å². The summed E-state index contributed by atoms with van der Waals surface area (Å²) in [4.78, 5) is 6.81. The van der Waals surface area contributed by atoms with Crippen molar-refractivity contribution in [2.24, 2.45) is 4.99 Å². The second-order valence-electron chi connectivity index (χ2n) is 7.32. The van der Waals surface area contributed by atoms with Gasteiger partial charge in [0.05, 0.1) is 17.0 Å². The third-order valence-corrected chi connectivity index (χ3v) is 8.07. The van der Waals surface area contributed by atoms with E-state index in [4.69, 9.17) is 4.99 Å². The van der Waals surface area contributed by atoms with Crippen LogP contribution in [-0.4, -0.2) is 54.5 Å². The van der Waals surface area contributed by atoms with Gasteiger partial charge in [0.1, 0.15) is 5.75 Å². The van der Waals surface area contributed by atoms with Gasteiger partial charge in [0.2, 0.25) is 0 Å². The Balaban J connectivity index is 0.00000261. The van der Waals surface area contributed by atoms with Crippen LogP contribution >= 0.6 is 24.0 Å². The summed E-state index contributed by atoms with van der Waals surface area (Å²) >= 11 is 0. The van der Waals surface area contributed by atoms with Crippen molar-refractivity contribution in [3.63, 3.8) is 0 Å². The molecular weight excluding hydrogens is 477 g/mol. The molecule has 8 heteroatoms. The zero-order chi connectivity index (χ0) is 18.6. The first-order valence-corrected chi connectivity index (χ1v) is 11.1. The van der Waals surface area contributed by atoms with Crippen molar-refractivity contribution in [3.8, 4) is 5.75 Å². The number of sulfone groups is 1. The zero-order valence-electron chi connectivity index (χ0n) is 15.9. The highest BCUT2D eigenvalue weighted by molar-refractivity contribution is 14.0. The monoisotopic (exact) mass is 507 g/mol. The topological polar surface area (TPSA) is 82.0 Å². The average Bonchev–Trinajstić information content (AvgIpc) is 2.62. The lowest BCUT2D eigenvalue weighted by Gasteiger charge is -2.45. The summed E-state index contributed by atoms with van der Waals surface area (Å²) < 4.78 is 25.0. The number of hydrogen-bond acceptors (Lipinski definition) is 4. The first-order valence-electron chi connectivity index (χ1n) is 9.49. The predicted molar refractivity (Wildman–Crippen MR) is 120 cm³/mol. The van der Waals surface area contributed by atoms with E-state index < -0.39 is 14.6 Å². The van der Waals surface area contributed by atoms with E-state index in [-0.39, 0.29) is 35.5 Å². The molecule has 1 aliphatic carbocycles. The number of halogens is 1. The minimum Gasteiger partial charge on any atom is -0.508 e. The summed E-state index contributed by atoms with van der Waals surface area (Å²) in [6.07, 6.45) is 4.63. The van der Waals surface area contributed by atoms with Gasteiger partial charge in [-0.1, -0.05) is 31.4 Å². The highest BCUT2D eigenvalue weighted by atomic mass is 127. The van der Waals surface area contributed by atoms with Gasteiger partial charge in [-0.15, -0.1) is 24.0 Å². The number of nitrogens with zero attached hydrogens (tertiary/aromatic N) is 2. The maximum atomic E-state index is 12.8. The molecule has 0 atom stereocenters. The van der Waals surface area contributed by atoms with Gasteiger partial charge < -0.3 is 15.3 Å². The number of benzene rings is 1. The van der Waals surface area contributed by atoms with Gasteiger partial charge in [-0.2, -0.15) is 0 Å². The Morgan fingerprint density at radius 3 is 2.70 bits per heavy atom. The quantitative estimate of drug-likeness (QED) is 0.374. The molecule has 1 saturated heterocycles. The van der Waals surface area contributed by atoms with E-state index in [9.17, 15) is 13.5 Å². The van der Waals surface area contributed by atoms with Crippen molar-refractivity contribution in [3.05, 3.63) is 29.8 Å². The Hall–Kier alpha value is -1.03. The summed E-state index contributed by atoms with van der Waals surface area (Å²) in [5.74, 6) is 1.19. The van der Waals surface area contributed by atoms with Crippen molar-refractivity contribution in [2.45, 2.75) is 50.3 Å². The van der Waals surface area contributed by atoms with Crippen LogP contribution in [-0.2, 0) is 16.4 Å². The highest BCUT2D eigenvalue weighted by Gasteiger charge is 2.48. The van der Waals surface area contributed by atoms with Crippen molar-refractivity contribution in [1.82, 2.24) is 10.2 Å². The van der Waals surface area contributed by atoms with Gasteiger partial charge in [0.15, 0.2) is 15.8 Å². The molecule has 2 N–H and O–H groups in total. The van der Waals surface area contributed by atoms with Gasteiger partial charge in [0.25, 0.3) is 0 Å². The van der Waals surface area contributed by atoms with Crippen LogP contribution in [0.15, 0.2) is 29.3 Å². The molecule has 3 rings (SSSR count). The molecule has 1 aliphatic heterocycles. The minimum absolute atomic E-state index is 0. The van der Waals surface area contributed by atoms with E-state index in [2.05, 4.69) is 10.2 Å². The second-order valence-corrected chi connectivity index (χ2v) is 9.83. The van der Waals surface area contributed by atoms with E-state index in [1.807, 2.05) is 13.0 Å². The average molecular weight is 507 g/mol. The van der Waals surface area contributed by atoms with E-state index in [0.29, 0.717) is 19.6 Å². The maximum Gasteiger partial charge on any atom is 0.194 e. The molecule has 0 aromatic heterocycles. The van der Waals surface area contributed by atoms with Crippen LogP contribution in [0.4, 0.5) is 0 Å². The van der Waals surface area contributed by atoms with Crippen LogP contribution < -0.4 is 5.32 Å². The second kappa shape index (κ2) is 9.45. The number of rotatable bonds is 3. The molecule has 1 aromatic rings. The number of phenols is 1. The summed E-state index contributed by atoms with van der Waals surface area (Å²) in [6.45, 7) is 4.21. The molecule has 6 nitrogen and oxygen atoms in total. The minimum atomic E-state index is -3.06. The molecule has 1 spiro atoms. The van der Waals surface area contributed by atoms with Crippen molar-refractivity contribution < 1.29 is 13.5 Å². The van der Waals surface area contributed by atoms with E-state index in [0.717, 1.165) is 50.2 Å². The molecule has 0 bridgehead atoms. The van der Waals surface area contributed by atoms with Crippen LogP contribution in [0.5, 0.6) is 5.75 Å². The summed E-state index contributed by atoms with van der Waals surface area (Å²) in [5.41, 5.74) is 0.928. The maximum absolute atomic E-state index is 12.8. The molecule has 1 aromatic carbocycles. The van der Waals surface area contributed by atoms with Crippen LogP contribution in [0, 0.1) is 0 Å². The first kappa shape index (κ1) is 22.3. The van der Waals surface area contributed by atoms with Gasteiger partial charge in [0, 0.05) is 19.6 Å². The van der Waals surface area contributed by atoms with Crippen molar-refractivity contribution in [1.29, 1.82) is 0 Å². The molecule has 0 unspecified atom stereocenters. The fourth-order valence-corrected chi connectivity index (χ4v) is 6.22. The first-order chi connectivity index (χ1) is 12.5. The third-order valence-electron chi connectivity index (χ3n) is 5.49. The molecule has 152 valence electrons. The Morgan fingerprint density at radius 2 is 2.04 bits per heavy atom. The lowest BCUT2D eigenvalue weighted by Crippen LogP contribution is -2.60. The number of aromatic hydroxyl groups is 1. The summed E-state index contributed by atoms with van der Waals surface area (Å²) in [5, 5.41) is 12.9. The molecule has 1 saturated carbocycles. The number of aliphatic imine (C=N–C) groups is 1. The van der Waals surface area contributed by atoms with Crippen molar-refractivity contribution in [2.75, 3.05) is 25.4 Å². The summed E-state index contributed by atoms with van der Waals surface area (Å²) in [6, 6.07) is 7.07.